The Hall–Kier alpha value is 0.960. The van der Waals surface area contributed by atoms with E-state index in [9.17, 15) is 0 Å². The van der Waals surface area contributed by atoms with Gasteiger partial charge in [0.2, 0.25) is 0 Å². The largest absolute Gasteiger partial charge is 0.0879 e. The third-order valence-electron chi connectivity index (χ3n) is 2.15. The minimum Gasteiger partial charge on any atom is -0.0879 e. The summed E-state index contributed by atoms with van der Waals surface area (Å²) in [6.07, 6.45) is 5.99. The Morgan fingerprint density at radius 2 is 1.67 bits per heavy atom. The summed E-state index contributed by atoms with van der Waals surface area (Å²) >= 11 is 7.44. The Kier molecular flexibility index (Phi) is 7.96. The molecular formula is C10H19Br2. The fourth-order valence-corrected chi connectivity index (χ4v) is 2.67. The smallest absolute Gasteiger partial charge is 0.0301 e. The van der Waals surface area contributed by atoms with Gasteiger partial charge >= 0.3 is 0 Å². The van der Waals surface area contributed by atoms with E-state index in [2.05, 4.69) is 59.1 Å². The zero-order chi connectivity index (χ0) is 9.56. The summed E-state index contributed by atoms with van der Waals surface area (Å²) in [5.74, 6) is 0.708. The van der Waals surface area contributed by atoms with Gasteiger partial charge in [0.1, 0.15) is 0 Å². The van der Waals surface area contributed by atoms with Crippen LogP contribution < -0.4 is 0 Å². The number of hydrogen-bond donors (Lipinski definition) is 0. The molecule has 0 nitrogen and oxygen atoms in total. The van der Waals surface area contributed by atoms with Crippen LogP contribution in [0.3, 0.4) is 0 Å². The van der Waals surface area contributed by atoms with Gasteiger partial charge in [0, 0.05) is 9.65 Å². The van der Waals surface area contributed by atoms with E-state index in [1.807, 2.05) is 0 Å². The van der Waals surface area contributed by atoms with Crippen LogP contribution in [0.25, 0.3) is 0 Å². The molecule has 0 aromatic carbocycles. The van der Waals surface area contributed by atoms with E-state index >= 15 is 0 Å². The Labute approximate surface area is 93.8 Å². The predicted molar refractivity (Wildman–Crippen MR) is 64.1 cm³/mol. The van der Waals surface area contributed by atoms with Crippen LogP contribution in [-0.2, 0) is 0 Å². The molecule has 1 radical (unpaired) electrons. The van der Waals surface area contributed by atoms with Gasteiger partial charge in [-0.25, -0.2) is 0 Å². The number of halogens is 2. The van der Waals surface area contributed by atoms with Gasteiger partial charge in [0.15, 0.2) is 0 Å². The van der Waals surface area contributed by atoms with E-state index in [4.69, 9.17) is 0 Å². The number of alkyl halides is 2. The summed E-state index contributed by atoms with van der Waals surface area (Å²) < 4.78 is 0. The second-order valence-electron chi connectivity index (χ2n) is 3.08. The standard InChI is InChI=1S/C10H19Br2/c1-4-7-8(5-2)10(12)9(11)6-3/h7-10H,4-6H2,1-3H3. The van der Waals surface area contributed by atoms with Crippen LogP contribution in [0.4, 0.5) is 0 Å². The fourth-order valence-electron chi connectivity index (χ4n) is 1.32. The average molecular weight is 299 g/mol. The second kappa shape index (κ2) is 7.37. The summed E-state index contributed by atoms with van der Waals surface area (Å²) in [4.78, 5) is 1.19. The highest BCUT2D eigenvalue weighted by atomic mass is 79.9. The molecule has 0 N–H and O–H groups in total. The van der Waals surface area contributed by atoms with Crippen molar-refractivity contribution in [3.8, 4) is 0 Å². The first-order valence-corrected chi connectivity index (χ1v) is 6.61. The van der Waals surface area contributed by atoms with Gasteiger partial charge in [-0.1, -0.05) is 65.5 Å². The molecule has 73 valence electrons. The summed E-state index contributed by atoms with van der Waals surface area (Å²) in [6.45, 7) is 6.67. The van der Waals surface area contributed by atoms with E-state index in [1.165, 1.54) is 19.3 Å². The highest BCUT2D eigenvalue weighted by Crippen LogP contribution is 2.29. The Morgan fingerprint density at radius 1 is 1.08 bits per heavy atom. The molecule has 12 heavy (non-hydrogen) atoms. The molecule has 0 aromatic heterocycles. The Bertz CT molecular complexity index is 104. The SMILES string of the molecule is CC[CH]C(CC)C(Br)C(Br)CC. The lowest BCUT2D eigenvalue weighted by Gasteiger charge is -2.24. The minimum absolute atomic E-state index is 0.590. The van der Waals surface area contributed by atoms with Crippen LogP contribution in [-0.4, -0.2) is 9.65 Å². The quantitative estimate of drug-likeness (QED) is 0.631. The molecule has 3 atom stereocenters. The van der Waals surface area contributed by atoms with Crippen molar-refractivity contribution in [1.82, 2.24) is 0 Å². The first-order valence-electron chi connectivity index (χ1n) is 4.78. The Balaban J connectivity index is 3.91. The molecule has 0 fully saturated rings. The third-order valence-corrected chi connectivity index (χ3v) is 5.40. The maximum absolute atomic E-state index is 3.75. The first kappa shape index (κ1) is 13.0. The lowest BCUT2D eigenvalue weighted by atomic mass is 9.94. The summed E-state index contributed by atoms with van der Waals surface area (Å²) in [5.41, 5.74) is 0. The molecule has 0 aliphatic rings. The van der Waals surface area contributed by atoms with Crippen LogP contribution in [0.1, 0.15) is 40.0 Å². The van der Waals surface area contributed by atoms with Gasteiger partial charge < -0.3 is 0 Å². The average Bonchev–Trinajstić information content (AvgIpc) is 2.11. The van der Waals surface area contributed by atoms with Gasteiger partial charge in [0.25, 0.3) is 0 Å². The van der Waals surface area contributed by atoms with Crippen molar-refractivity contribution in [2.75, 3.05) is 0 Å². The molecule has 0 aliphatic heterocycles. The van der Waals surface area contributed by atoms with Gasteiger partial charge in [0.05, 0.1) is 0 Å². The maximum atomic E-state index is 3.75. The molecule has 0 bridgehead atoms. The minimum atomic E-state index is 0.590. The van der Waals surface area contributed by atoms with Gasteiger partial charge in [-0.05, 0) is 18.8 Å². The highest BCUT2D eigenvalue weighted by Gasteiger charge is 2.22. The van der Waals surface area contributed by atoms with Crippen molar-refractivity contribution >= 4 is 31.9 Å². The lowest BCUT2D eigenvalue weighted by molar-refractivity contribution is 0.530. The molecule has 0 spiro atoms. The molecule has 0 saturated heterocycles. The number of hydrogen-bond acceptors (Lipinski definition) is 0. The predicted octanol–water partition coefficient (Wildman–Crippen LogP) is 4.56. The van der Waals surface area contributed by atoms with Crippen molar-refractivity contribution in [1.29, 1.82) is 0 Å². The van der Waals surface area contributed by atoms with Gasteiger partial charge in [-0.15, -0.1) is 0 Å². The molecular weight excluding hydrogens is 280 g/mol. The maximum Gasteiger partial charge on any atom is 0.0301 e. The van der Waals surface area contributed by atoms with Crippen LogP contribution in [0.5, 0.6) is 0 Å². The number of rotatable bonds is 6. The van der Waals surface area contributed by atoms with E-state index in [-0.39, 0.29) is 0 Å². The van der Waals surface area contributed by atoms with Crippen molar-refractivity contribution in [3.63, 3.8) is 0 Å². The molecule has 3 unspecified atom stereocenters. The van der Waals surface area contributed by atoms with Crippen LogP contribution in [0.15, 0.2) is 0 Å². The molecule has 0 saturated carbocycles. The van der Waals surface area contributed by atoms with E-state index < -0.39 is 0 Å². The molecule has 0 rings (SSSR count). The first-order chi connectivity index (χ1) is 5.67. The molecule has 0 heterocycles. The van der Waals surface area contributed by atoms with Crippen LogP contribution >= 0.6 is 31.9 Å². The Morgan fingerprint density at radius 3 is 2.00 bits per heavy atom. The second-order valence-corrected chi connectivity index (χ2v) is 5.32. The van der Waals surface area contributed by atoms with Crippen molar-refractivity contribution < 1.29 is 0 Å². The van der Waals surface area contributed by atoms with Gasteiger partial charge in [-0.3, -0.25) is 0 Å². The fraction of sp³-hybridized carbons (Fsp3) is 0.900. The molecule has 0 aliphatic carbocycles. The topological polar surface area (TPSA) is 0 Å². The monoisotopic (exact) mass is 297 g/mol. The van der Waals surface area contributed by atoms with Gasteiger partial charge in [-0.2, -0.15) is 0 Å². The summed E-state index contributed by atoms with van der Waals surface area (Å²) in [5, 5.41) is 0. The molecule has 2 heteroatoms. The van der Waals surface area contributed by atoms with Crippen LogP contribution in [0.2, 0.25) is 0 Å². The normalized spacial score (nSPS) is 18.8. The third kappa shape index (κ3) is 4.27. The zero-order valence-corrected chi connectivity index (χ0v) is 11.4. The zero-order valence-electron chi connectivity index (χ0n) is 8.19. The summed E-state index contributed by atoms with van der Waals surface area (Å²) in [7, 11) is 0. The lowest BCUT2D eigenvalue weighted by Crippen LogP contribution is -2.23. The molecule has 0 amide bonds. The van der Waals surface area contributed by atoms with E-state index in [0.717, 1.165) is 0 Å². The van der Waals surface area contributed by atoms with Crippen molar-refractivity contribution in [2.24, 2.45) is 5.92 Å². The van der Waals surface area contributed by atoms with E-state index in [1.54, 1.807) is 0 Å². The van der Waals surface area contributed by atoms with E-state index in [0.29, 0.717) is 15.6 Å². The molecule has 0 aromatic rings. The summed E-state index contributed by atoms with van der Waals surface area (Å²) in [6, 6.07) is 0. The van der Waals surface area contributed by atoms with Crippen molar-refractivity contribution in [3.05, 3.63) is 6.42 Å². The van der Waals surface area contributed by atoms with Crippen molar-refractivity contribution in [2.45, 2.75) is 49.7 Å². The van der Waals surface area contributed by atoms with Crippen LogP contribution in [0, 0.1) is 12.3 Å². The highest BCUT2D eigenvalue weighted by molar-refractivity contribution is 9.12.